The lowest BCUT2D eigenvalue weighted by Gasteiger charge is -2.31. The van der Waals surface area contributed by atoms with Crippen LogP contribution in [0.15, 0.2) is 48.5 Å². The second-order valence-corrected chi connectivity index (χ2v) is 7.06. The van der Waals surface area contributed by atoms with Crippen LogP contribution in [0, 0.1) is 16.0 Å². The van der Waals surface area contributed by atoms with E-state index in [0.717, 1.165) is 6.07 Å². The molecule has 0 aromatic heterocycles. The van der Waals surface area contributed by atoms with Crippen molar-refractivity contribution in [2.45, 2.75) is 12.8 Å². The van der Waals surface area contributed by atoms with E-state index in [4.69, 9.17) is 0 Å². The Morgan fingerprint density at radius 3 is 2.37 bits per heavy atom. The number of phenolic OH excluding ortho intramolecular Hbond substituents is 1. The molecule has 0 spiro atoms. The first kappa shape index (κ1) is 21.0. The Balaban J connectivity index is 1.49. The van der Waals surface area contributed by atoms with Gasteiger partial charge in [0.15, 0.2) is 5.78 Å². The average molecular weight is 411 g/mol. The summed E-state index contributed by atoms with van der Waals surface area (Å²) in [6.07, 6.45) is 1.04. The number of non-ortho nitro benzene ring substituents is 1. The highest BCUT2D eigenvalue weighted by molar-refractivity contribution is 5.98. The molecule has 1 heterocycles. The molecule has 30 heavy (non-hydrogen) atoms. The average Bonchev–Trinajstić information content (AvgIpc) is 2.77. The summed E-state index contributed by atoms with van der Waals surface area (Å²) in [6, 6.07) is 11.4. The number of nitrogens with zero attached hydrogens (tertiary/aromatic N) is 2. The number of likely N-dealkylation sites (tertiary alicyclic amines) is 1. The second kappa shape index (κ2) is 9.17. The highest BCUT2D eigenvalue weighted by Crippen LogP contribution is 2.23. The molecule has 1 fully saturated rings. The summed E-state index contributed by atoms with van der Waals surface area (Å²) in [5.74, 6) is -0.952. The van der Waals surface area contributed by atoms with Crippen molar-refractivity contribution in [3.05, 3.63) is 69.8 Å². The maximum Gasteiger partial charge on any atom is 0.270 e. The van der Waals surface area contributed by atoms with E-state index < -0.39 is 10.8 Å². The third-order valence-electron chi connectivity index (χ3n) is 5.09. The van der Waals surface area contributed by atoms with Crippen LogP contribution in [0.1, 0.15) is 33.6 Å². The van der Waals surface area contributed by atoms with Crippen molar-refractivity contribution in [2.75, 3.05) is 19.6 Å². The number of aromatic hydroxyl groups is 1. The van der Waals surface area contributed by atoms with Crippen LogP contribution in [0.5, 0.6) is 5.75 Å². The number of carbonyl (C=O) groups excluding carboxylic acids is 3. The molecule has 0 aliphatic carbocycles. The molecule has 0 bridgehead atoms. The van der Waals surface area contributed by atoms with Gasteiger partial charge in [-0.15, -0.1) is 0 Å². The van der Waals surface area contributed by atoms with Crippen molar-refractivity contribution in [1.82, 2.24) is 10.2 Å². The smallest absolute Gasteiger partial charge is 0.270 e. The molecule has 2 amide bonds. The molecule has 0 saturated carbocycles. The van der Waals surface area contributed by atoms with Crippen molar-refractivity contribution in [2.24, 2.45) is 5.92 Å². The Morgan fingerprint density at radius 1 is 1.07 bits per heavy atom. The van der Waals surface area contributed by atoms with Gasteiger partial charge in [0.2, 0.25) is 5.91 Å². The molecule has 2 N–H and O–H groups in total. The number of nitrogens with one attached hydrogen (secondary N) is 1. The van der Waals surface area contributed by atoms with E-state index in [-0.39, 0.29) is 41.2 Å². The zero-order valence-corrected chi connectivity index (χ0v) is 16.1. The number of hydrogen-bond donors (Lipinski definition) is 2. The summed E-state index contributed by atoms with van der Waals surface area (Å²) < 4.78 is 0. The zero-order chi connectivity index (χ0) is 21.7. The first-order valence-electron chi connectivity index (χ1n) is 9.49. The Kier molecular flexibility index (Phi) is 6.41. The first-order valence-corrected chi connectivity index (χ1v) is 9.49. The van der Waals surface area contributed by atoms with Crippen LogP contribution in [0.25, 0.3) is 0 Å². The monoisotopic (exact) mass is 411 g/mol. The Labute approximate surface area is 172 Å². The van der Waals surface area contributed by atoms with Gasteiger partial charge < -0.3 is 15.3 Å². The number of phenols is 1. The minimum atomic E-state index is -0.592. The minimum absolute atomic E-state index is 0.0129. The van der Waals surface area contributed by atoms with E-state index in [2.05, 4.69) is 5.32 Å². The van der Waals surface area contributed by atoms with Crippen LogP contribution < -0.4 is 5.32 Å². The van der Waals surface area contributed by atoms with Gasteiger partial charge in [0, 0.05) is 42.3 Å². The van der Waals surface area contributed by atoms with Gasteiger partial charge in [-0.05, 0) is 43.2 Å². The maximum absolute atomic E-state index is 12.5. The summed E-state index contributed by atoms with van der Waals surface area (Å²) in [5, 5.41) is 22.6. The van der Waals surface area contributed by atoms with Crippen LogP contribution in [-0.4, -0.2) is 52.2 Å². The standard InChI is InChI=1S/C21H21N3O6/c25-18-6-4-14(5-7-18)20(27)15-8-10-23(11-9-15)19(26)13-22-21(28)16-2-1-3-17(12-16)24(29)30/h1-7,12,15,25H,8-11,13H2,(H,22,28). The molecule has 1 aliphatic rings. The lowest BCUT2D eigenvalue weighted by molar-refractivity contribution is -0.384. The Morgan fingerprint density at radius 2 is 1.73 bits per heavy atom. The van der Waals surface area contributed by atoms with E-state index in [1.807, 2.05) is 0 Å². The number of benzene rings is 2. The van der Waals surface area contributed by atoms with Crippen molar-refractivity contribution >= 4 is 23.3 Å². The zero-order valence-electron chi connectivity index (χ0n) is 16.1. The minimum Gasteiger partial charge on any atom is -0.508 e. The van der Waals surface area contributed by atoms with Gasteiger partial charge in [-0.3, -0.25) is 24.5 Å². The Bertz CT molecular complexity index is 965. The van der Waals surface area contributed by atoms with Gasteiger partial charge in [0.1, 0.15) is 5.75 Å². The van der Waals surface area contributed by atoms with Gasteiger partial charge in [0.05, 0.1) is 11.5 Å². The summed E-state index contributed by atoms with van der Waals surface area (Å²) >= 11 is 0. The van der Waals surface area contributed by atoms with Crippen LogP contribution in [0.3, 0.4) is 0 Å². The molecule has 1 aliphatic heterocycles. The lowest BCUT2D eigenvalue weighted by atomic mass is 9.89. The molecule has 3 rings (SSSR count). The van der Waals surface area contributed by atoms with Crippen LogP contribution in [-0.2, 0) is 4.79 Å². The largest absolute Gasteiger partial charge is 0.508 e. The van der Waals surface area contributed by atoms with Gasteiger partial charge in [-0.25, -0.2) is 0 Å². The van der Waals surface area contributed by atoms with E-state index in [1.165, 1.54) is 30.3 Å². The fourth-order valence-corrected chi connectivity index (χ4v) is 3.38. The maximum atomic E-state index is 12.5. The van der Waals surface area contributed by atoms with E-state index in [1.54, 1.807) is 17.0 Å². The SMILES string of the molecule is O=C(NCC(=O)N1CCC(C(=O)c2ccc(O)cc2)CC1)c1cccc([N+](=O)[O-])c1. The van der Waals surface area contributed by atoms with Crippen molar-refractivity contribution in [3.63, 3.8) is 0 Å². The molecule has 2 aromatic carbocycles. The molecule has 9 heteroatoms. The summed E-state index contributed by atoms with van der Waals surface area (Å²) in [5.41, 5.74) is 0.436. The molecule has 9 nitrogen and oxygen atoms in total. The number of ketones is 1. The number of nitro groups is 1. The van der Waals surface area contributed by atoms with Crippen LogP contribution in [0.2, 0.25) is 0 Å². The van der Waals surface area contributed by atoms with Crippen LogP contribution >= 0.6 is 0 Å². The Hall–Kier alpha value is -3.75. The molecule has 1 saturated heterocycles. The van der Waals surface area contributed by atoms with Gasteiger partial charge >= 0.3 is 0 Å². The van der Waals surface area contributed by atoms with Crippen molar-refractivity contribution < 1.29 is 24.4 Å². The highest BCUT2D eigenvalue weighted by Gasteiger charge is 2.28. The van der Waals surface area contributed by atoms with E-state index in [0.29, 0.717) is 31.5 Å². The van der Waals surface area contributed by atoms with E-state index in [9.17, 15) is 29.6 Å². The number of rotatable bonds is 6. The fourth-order valence-electron chi connectivity index (χ4n) is 3.38. The van der Waals surface area contributed by atoms with Gasteiger partial charge in [-0.2, -0.15) is 0 Å². The molecular weight excluding hydrogens is 390 g/mol. The van der Waals surface area contributed by atoms with Gasteiger partial charge in [0.25, 0.3) is 11.6 Å². The molecular formula is C21H21N3O6. The predicted octanol–water partition coefficient (Wildman–Crippen LogP) is 2.15. The quantitative estimate of drug-likeness (QED) is 0.426. The third-order valence-corrected chi connectivity index (χ3v) is 5.09. The summed E-state index contributed by atoms with van der Waals surface area (Å²) in [4.78, 5) is 48.9. The first-order chi connectivity index (χ1) is 14.3. The molecule has 0 radical (unpaired) electrons. The molecule has 156 valence electrons. The number of nitro benzene ring substituents is 1. The van der Waals surface area contributed by atoms with Gasteiger partial charge in [-0.1, -0.05) is 6.07 Å². The number of hydrogen-bond acceptors (Lipinski definition) is 6. The third kappa shape index (κ3) is 4.99. The lowest BCUT2D eigenvalue weighted by Crippen LogP contribution is -2.45. The number of amides is 2. The van der Waals surface area contributed by atoms with E-state index >= 15 is 0 Å². The number of piperidine rings is 1. The second-order valence-electron chi connectivity index (χ2n) is 7.06. The van der Waals surface area contributed by atoms with Crippen molar-refractivity contribution in [1.29, 1.82) is 0 Å². The predicted molar refractivity (Wildman–Crippen MR) is 107 cm³/mol. The summed E-state index contributed by atoms with van der Waals surface area (Å²) in [6.45, 7) is 0.581. The highest BCUT2D eigenvalue weighted by atomic mass is 16.6. The summed E-state index contributed by atoms with van der Waals surface area (Å²) in [7, 11) is 0. The number of carbonyl (C=O) groups is 3. The number of Topliss-reactive ketones (excluding diaryl/α,β-unsaturated/α-hetero) is 1. The topological polar surface area (TPSA) is 130 Å². The molecule has 2 aromatic rings. The van der Waals surface area contributed by atoms with Crippen molar-refractivity contribution in [3.8, 4) is 5.75 Å². The normalized spacial score (nSPS) is 14.2. The molecule has 0 unspecified atom stereocenters. The molecule has 0 atom stereocenters. The van der Waals surface area contributed by atoms with Crippen LogP contribution in [0.4, 0.5) is 5.69 Å². The fraction of sp³-hybridized carbons (Fsp3) is 0.286.